The summed E-state index contributed by atoms with van der Waals surface area (Å²) in [6.45, 7) is -0.249. The summed E-state index contributed by atoms with van der Waals surface area (Å²) in [5, 5.41) is 21.8. The molecule has 0 atom stereocenters. The number of aromatic nitrogens is 5. The van der Waals surface area contributed by atoms with Crippen LogP contribution in [0.1, 0.15) is 5.82 Å². The minimum Gasteiger partial charge on any atom is -0.388 e. The van der Waals surface area contributed by atoms with E-state index in [0.717, 1.165) is 0 Å². The van der Waals surface area contributed by atoms with Crippen LogP contribution in [0.2, 0.25) is 0 Å². The van der Waals surface area contributed by atoms with Gasteiger partial charge in [-0.1, -0.05) is 5.16 Å². The van der Waals surface area contributed by atoms with Crippen LogP contribution in [-0.4, -0.2) is 30.7 Å². The maximum Gasteiger partial charge on any atom is 0.280 e. The number of nitrogens with one attached hydrogen (secondary N) is 1. The van der Waals surface area contributed by atoms with E-state index in [0.29, 0.717) is 5.69 Å². The van der Waals surface area contributed by atoms with Gasteiger partial charge >= 0.3 is 0 Å². The van der Waals surface area contributed by atoms with Gasteiger partial charge in [-0.15, -0.1) is 0 Å². The Kier molecular flexibility index (Phi) is 1.56. The molecule has 2 aromatic heterocycles. The molecule has 2 heterocycles. The minimum atomic E-state index is -0.249. The molecule has 0 radical (unpaired) electrons. The topological polar surface area (TPSA) is 101 Å². The molecule has 2 N–H and O–H groups in total. The molecule has 0 amide bonds. The lowest BCUT2D eigenvalue weighted by Crippen LogP contribution is -1.84. The lowest BCUT2D eigenvalue weighted by Gasteiger charge is -1.79. The molecule has 2 rings (SSSR count). The molecule has 12 heavy (non-hydrogen) atoms. The van der Waals surface area contributed by atoms with Gasteiger partial charge in [-0.25, -0.2) is 0 Å². The first-order chi connectivity index (χ1) is 5.90. The van der Waals surface area contributed by atoms with Gasteiger partial charge in [-0.2, -0.15) is 20.4 Å². The van der Waals surface area contributed by atoms with Crippen molar-refractivity contribution in [2.24, 2.45) is 0 Å². The molecule has 2 aromatic rings. The summed E-state index contributed by atoms with van der Waals surface area (Å²) in [4.78, 5) is 3.82. The van der Waals surface area contributed by atoms with E-state index in [9.17, 15) is 0 Å². The number of nitrogens with zero attached hydrogens (tertiary/aromatic N) is 4. The normalized spacial score (nSPS) is 10.4. The Bertz CT molecular complexity index is 354. The second kappa shape index (κ2) is 2.70. The average molecular weight is 167 g/mol. The molecule has 0 saturated carbocycles. The highest BCUT2D eigenvalue weighted by Gasteiger charge is 2.09. The van der Waals surface area contributed by atoms with Gasteiger partial charge in [0.05, 0.1) is 6.20 Å². The number of hydrogen-bond acceptors (Lipinski definition) is 6. The third kappa shape index (κ3) is 1.05. The van der Waals surface area contributed by atoms with E-state index in [2.05, 4.69) is 25.6 Å². The van der Waals surface area contributed by atoms with E-state index >= 15 is 0 Å². The summed E-state index contributed by atoms with van der Waals surface area (Å²) in [6.07, 6.45) is 1.45. The molecule has 0 spiro atoms. The number of aliphatic hydroxyl groups excluding tert-OH is 1. The fraction of sp³-hybridized carbons (Fsp3) is 0.200. The molecule has 0 fully saturated rings. The number of rotatable bonds is 2. The van der Waals surface area contributed by atoms with Crippen LogP contribution in [0.15, 0.2) is 10.7 Å². The Hall–Kier alpha value is -1.76. The summed E-state index contributed by atoms with van der Waals surface area (Å²) in [6, 6.07) is 0. The number of aromatic amines is 1. The predicted octanol–water partition coefficient (Wildman–Crippen LogP) is -0.653. The summed E-state index contributed by atoms with van der Waals surface area (Å²) < 4.78 is 4.76. The smallest absolute Gasteiger partial charge is 0.280 e. The molecule has 7 nitrogen and oxygen atoms in total. The Balaban J connectivity index is 2.35. The zero-order valence-electron chi connectivity index (χ0n) is 5.93. The monoisotopic (exact) mass is 167 g/mol. The maximum absolute atomic E-state index is 8.62. The maximum atomic E-state index is 8.62. The Labute approximate surface area is 66.4 Å². The molecule has 7 heteroatoms. The molecule has 0 bridgehead atoms. The van der Waals surface area contributed by atoms with E-state index in [1.54, 1.807) is 0 Å². The van der Waals surface area contributed by atoms with Crippen LogP contribution >= 0.6 is 0 Å². The van der Waals surface area contributed by atoms with Crippen molar-refractivity contribution in [1.82, 2.24) is 25.6 Å². The molecule has 0 unspecified atom stereocenters. The van der Waals surface area contributed by atoms with E-state index in [-0.39, 0.29) is 18.3 Å². The largest absolute Gasteiger partial charge is 0.388 e. The van der Waals surface area contributed by atoms with Crippen LogP contribution in [0.4, 0.5) is 0 Å². The van der Waals surface area contributed by atoms with Gasteiger partial charge in [-0.05, 0) is 0 Å². The highest BCUT2D eigenvalue weighted by atomic mass is 16.5. The molecule has 0 aliphatic carbocycles. The van der Waals surface area contributed by atoms with Crippen molar-refractivity contribution >= 4 is 0 Å². The molecule has 0 aliphatic heterocycles. The van der Waals surface area contributed by atoms with Crippen molar-refractivity contribution in [3.05, 3.63) is 12.0 Å². The predicted molar refractivity (Wildman–Crippen MR) is 35.6 cm³/mol. The molecule has 0 aliphatic rings. The van der Waals surface area contributed by atoms with Crippen molar-refractivity contribution in [1.29, 1.82) is 0 Å². The SMILES string of the molecule is OCc1noc(-c2cn[nH]n2)n1. The third-order valence-electron chi connectivity index (χ3n) is 1.24. The first kappa shape index (κ1) is 6.92. The first-order valence-electron chi connectivity index (χ1n) is 3.19. The zero-order valence-corrected chi connectivity index (χ0v) is 5.93. The van der Waals surface area contributed by atoms with Crippen molar-refractivity contribution in [3.63, 3.8) is 0 Å². The highest BCUT2D eigenvalue weighted by Crippen LogP contribution is 2.11. The van der Waals surface area contributed by atoms with Crippen molar-refractivity contribution in [2.75, 3.05) is 0 Å². The lowest BCUT2D eigenvalue weighted by molar-refractivity contribution is 0.264. The van der Waals surface area contributed by atoms with Crippen LogP contribution in [0.25, 0.3) is 11.6 Å². The van der Waals surface area contributed by atoms with E-state index in [1.165, 1.54) is 6.20 Å². The van der Waals surface area contributed by atoms with Gasteiger partial charge in [0, 0.05) is 0 Å². The van der Waals surface area contributed by atoms with Gasteiger partial charge in [0.15, 0.2) is 11.5 Å². The Morgan fingerprint density at radius 1 is 1.58 bits per heavy atom. The van der Waals surface area contributed by atoms with Crippen LogP contribution in [-0.2, 0) is 6.61 Å². The number of H-pyrrole nitrogens is 1. The fourth-order valence-electron chi connectivity index (χ4n) is 0.727. The van der Waals surface area contributed by atoms with Gasteiger partial charge in [0.2, 0.25) is 0 Å². The summed E-state index contributed by atoms with van der Waals surface area (Å²) >= 11 is 0. The van der Waals surface area contributed by atoms with E-state index < -0.39 is 0 Å². The minimum absolute atomic E-state index is 0.230. The van der Waals surface area contributed by atoms with Crippen LogP contribution in [0, 0.1) is 0 Å². The molecule has 0 aromatic carbocycles. The van der Waals surface area contributed by atoms with E-state index in [1.807, 2.05) is 0 Å². The van der Waals surface area contributed by atoms with E-state index in [4.69, 9.17) is 9.63 Å². The van der Waals surface area contributed by atoms with Crippen LogP contribution in [0.5, 0.6) is 0 Å². The quantitative estimate of drug-likeness (QED) is 0.616. The molecular weight excluding hydrogens is 162 g/mol. The number of hydrogen-bond donors (Lipinski definition) is 2. The highest BCUT2D eigenvalue weighted by molar-refractivity contribution is 5.42. The van der Waals surface area contributed by atoms with Crippen molar-refractivity contribution in [3.8, 4) is 11.6 Å². The first-order valence-corrected chi connectivity index (χ1v) is 3.19. The summed E-state index contributed by atoms with van der Waals surface area (Å²) in [5.41, 5.74) is 0.460. The van der Waals surface area contributed by atoms with Crippen molar-refractivity contribution in [2.45, 2.75) is 6.61 Å². The Morgan fingerprint density at radius 2 is 2.50 bits per heavy atom. The van der Waals surface area contributed by atoms with Crippen LogP contribution < -0.4 is 0 Å². The van der Waals surface area contributed by atoms with Crippen LogP contribution in [0.3, 0.4) is 0 Å². The number of aliphatic hydroxyl groups is 1. The van der Waals surface area contributed by atoms with Gasteiger partial charge in [0.25, 0.3) is 5.89 Å². The second-order valence-corrected chi connectivity index (χ2v) is 2.03. The zero-order chi connectivity index (χ0) is 8.39. The molecule has 0 saturated heterocycles. The van der Waals surface area contributed by atoms with Gasteiger partial charge in [-0.3, -0.25) is 0 Å². The van der Waals surface area contributed by atoms with Crippen molar-refractivity contribution < 1.29 is 9.63 Å². The summed E-state index contributed by atoms with van der Waals surface area (Å²) in [7, 11) is 0. The Morgan fingerprint density at radius 3 is 3.08 bits per heavy atom. The second-order valence-electron chi connectivity index (χ2n) is 2.03. The standard InChI is InChI=1S/C5H5N5O2/c11-2-4-7-5(12-9-4)3-1-6-10-8-3/h1,11H,2H2,(H,6,8,10). The van der Waals surface area contributed by atoms with Gasteiger partial charge in [0.1, 0.15) is 6.61 Å². The molecular formula is C5H5N5O2. The van der Waals surface area contributed by atoms with Gasteiger partial charge < -0.3 is 9.63 Å². The molecule has 62 valence electrons. The summed E-state index contributed by atoms with van der Waals surface area (Å²) in [5.74, 6) is 0.473. The lowest BCUT2D eigenvalue weighted by atomic mass is 10.5. The third-order valence-corrected chi connectivity index (χ3v) is 1.24. The fourth-order valence-corrected chi connectivity index (χ4v) is 0.727. The average Bonchev–Trinajstić information content (AvgIpc) is 2.75.